The van der Waals surface area contributed by atoms with Crippen molar-refractivity contribution in [2.24, 2.45) is 0 Å². The highest BCUT2D eigenvalue weighted by Gasteiger charge is 2.30. The Morgan fingerprint density at radius 3 is 2.59 bits per heavy atom. The molecular weight excluding hydrogens is 276 g/mol. The highest BCUT2D eigenvalue weighted by atomic mass is 16.5. The van der Waals surface area contributed by atoms with E-state index in [1.807, 2.05) is 29.2 Å². The van der Waals surface area contributed by atoms with Crippen molar-refractivity contribution < 1.29 is 14.4 Å². The van der Waals surface area contributed by atoms with E-state index in [0.29, 0.717) is 0 Å². The number of amides is 1. The molecule has 120 valence electrons. The van der Waals surface area contributed by atoms with E-state index >= 15 is 0 Å². The third kappa shape index (κ3) is 3.43. The second-order valence-corrected chi connectivity index (χ2v) is 6.52. The maximum atomic E-state index is 12.6. The third-order valence-corrected chi connectivity index (χ3v) is 5.19. The van der Waals surface area contributed by atoms with Gasteiger partial charge in [-0.2, -0.15) is 0 Å². The predicted octanol–water partition coefficient (Wildman–Crippen LogP) is 1.37. The number of nitrogens with one attached hydrogen (secondary N) is 1. The van der Waals surface area contributed by atoms with Gasteiger partial charge in [0.25, 0.3) is 5.91 Å². The smallest absolute Gasteiger partial charge is 0.254 e. The molecule has 0 aromatic heterocycles. The fraction of sp³-hybridized carbons (Fsp3) is 0.611. The summed E-state index contributed by atoms with van der Waals surface area (Å²) in [5, 5.41) is 0. The van der Waals surface area contributed by atoms with Crippen molar-refractivity contribution in [3.8, 4) is 5.75 Å². The maximum Gasteiger partial charge on any atom is 0.254 e. The van der Waals surface area contributed by atoms with E-state index in [0.717, 1.165) is 43.5 Å². The summed E-state index contributed by atoms with van der Waals surface area (Å²) in [6.45, 7) is 3.95. The Morgan fingerprint density at radius 1 is 1.18 bits per heavy atom. The van der Waals surface area contributed by atoms with Crippen LogP contribution in [0.5, 0.6) is 5.75 Å². The minimum absolute atomic E-state index is 0.140. The molecule has 2 aliphatic rings. The molecule has 22 heavy (non-hydrogen) atoms. The molecule has 1 saturated heterocycles. The lowest BCUT2D eigenvalue weighted by Crippen LogP contribution is -3.18. The van der Waals surface area contributed by atoms with Crippen molar-refractivity contribution in [2.45, 2.75) is 38.1 Å². The standard InChI is InChI=1S/C18H26N2O2/c1-22-17-9-5-6-15(14-17)18(21)20-12-10-19(11-13-20)16-7-3-2-4-8-16/h5-6,9,14,16H,2-4,7-8,10-13H2,1H3/p+1. The van der Waals surface area contributed by atoms with Crippen molar-refractivity contribution in [3.05, 3.63) is 29.8 Å². The molecule has 2 fully saturated rings. The molecule has 4 heteroatoms. The fourth-order valence-electron chi connectivity index (χ4n) is 3.85. The zero-order valence-electron chi connectivity index (χ0n) is 13.5. The van der Waals surface area contributed by atoms with Crippen molar-refractivity contribution in [3.63, 3.8) is 0 Å². The predicted molar refractivity (Wildman–Crippen MR) is 86.5 cm³/mol. The van der Waals surface area contributed by atoms with Gasteiger partial charge in [-0.25, -0.2) is 0 Å². The lowest BCUT2D eigenvalue weighted by atomic mass is 9.94. The molecule has 0 atom stereocenters. The molecule has 1 saturated carbocycles. The molecule has 0 unspecified atom stereocenters. The molecule has 3 rings (SSSR count). The van der Waals surface area contributed by atoms with E-state index in [9.17, 15) is 4.79 Å². The lowest BCUT2D eigenvalue weighted by molar-refractivity contribution is -0.930. The number of carbonyl (C=O) groups excluding carboxylic acids is 1. The SMILES string of the molecule is COc1cccc(C(=O)N2CC[NH+](C3CCCCC3)CC2)c1. The van der Waals surface area contributed by atoms with Crippen molar-refractivity contribution in [1.29, 1.82) is 0 Å². The molecule has 1 aromatic carbocycles. The first-order valence-electron chi connectivity index (χ1n) is 8.56. The van der Waals surface area contributed by atoms with Gasteiger partial charge >= 0.3 is 0 Å². The van der Waals surface area contributed by atoms with E-state index in [-0.39, 0.29) is 5.91 Å². The number of carbonyl (C=O) groups is 1. The van der Waals surface area contributed by atoms with E-state index in [1.165, 1.54) is 32.1 Å². The average molecular weight is 303 g/mol. The monoisotopic (exact) mass is 303 g/mol. The largest absolute Gasteiger partial charge is 0.497 e. The first-order chi connectivity index (χ1) is 10.8. The average Bonchev–Trinajstić information content (AvgIpc) is 2.62. The van der Waals surface area contributed by atoms with Crippen LogP contribution in [0.4, 0.5) is 0 Å². The van der Waals surface area contributed by atoms with E-state index < -0.39 is 0 Å². The Bertz CT molecular complexity index is 504. The van der Waals surface area contributed by atoms with Crippen LogP contribution in [0.1, 0.15) is 42.5 Å². The van der Waals surface area contributed by atoms with Gasteiger partial charge < -0.3 is 14.5 Å². The summed E-state index contributed by atoms with van der Waals surface area (Å²) in [7, 11) is 1.63. The number of rotatable bonds is 3. The van der Waals surface area contributed by atoms with E-state index in [4.69, 9.17) is 4.74 Å². The maximum absolute atomic E-state index is 12.6. The molecule has 1 N–H and O–H groups in total. The lowest BCUT2D eigenvalue weighted by Gasteiger charge is -2.38. The summed E-state index contributed by atoms with van der Waals surface area (Å²) in [5.41, 5.74) is 0.737. The summed E-state index contributed by atoms with van der Waals surface area (Å²) in [6, 6.07) is 8.31. The summed E-state index contributed by atoms with van der Waals surface area (Å²) in [5.74, 6) is 0.888. The Kier molecular flexibility index (Phi) is 4.98. The van der Waals surface area contributed by atoms with Crippen LogP contribution in [-0.2, 0) is 0 Å². The zero-order chi connectivity index (χ0) is 15.4. The summed E-state index contributed by atoms with van der Waals surface area (Å²) in [4.78, 5) is 16.3. The minimum Gasteiger partial charge on any atom is -0.497 e. The molecule has 1 aliphatic heterocycles. The second kappa shape index (κ2) is 7.14. The fourth-order valence-corrected chi connectivity index (χ4v) is 3.85. The number of piperazine rings is 1. The van der Waals surface area contributed by atoms with Gasteiger partial charge in [0.15, 0.2) is 0 Å². The van der Waals surface area contributed by atoms with Gasteiger partial charge in [0.1, 0.15) is 5.75 Å². The number of benzene rings is 1. The molecule has 0 spiro atoms. The number of hydrogen-bond acceptors (Lipinski definition) is 2. The third-order valence-electron chi connectivity index (χ3n) is 5.19. The van der Waals surface area contributed by atoms with Gasteiger partial charge in [0.05, 0.1) is 39.3 Å². The van der Waals surface area contributed by atoms with Crippen LogP contribution in [0.2, 0.25) is 0 Å². The molecule has 1 heterocycles. The highest BCUT2D eigenvalue weighted by molar-refractivity contribution is 5.94. The normalized spacial score (nSPS) is 20.9. The number of ether oxygens (including phenoxy) is 1. The van der Waals surface area contributed by atoms with Crippen molar-refractivity contribution >= 4 is 5.91 Å². The minimum atomic E-state index is 0.140. The quantitative estimate of drug-likeness (QED) is 0.915. The van der Waals surface area contributed by atoms with Gasteiger partial charge in [-0.05, 0) is 43.9 Å². The molecule has 1 aliphatic carbocycles. The highest BCUT2D eigenvalue weighted by Crippen LogP contribution is 2.17. The number of hydrogen-bond donors (Lipinski definition) is 1. The summed E-state index contributed by atoms with van der Waals surface area (Å²) >= 11 is 0. The van der Waals surface area contributed by atoms with E-state index in [1.54, 1.807) is 12.0 Å². The summed E-state index contributed by atoms with van der Waals surface area (Å²) in [6.07, 6.45) is 6.93. The van der Waals surface area contributed by atoms with Crippen LogP contribution in [0.25, 0.3) is 0 Å². The van der Waals surface area contributed by atoms with E-state index in [2.05, 4.69) is 0 Å². The molecule has 1 aromatic rings. The van der Waals surface area contributed by atoms with Gasteiger partial charge in [-0.3, -0.25) is 4.79 Å². The van der Waals surface area contributed by atoms with Crippen LogP contribution >= 0.6 is 0 Å². The van der Waals surface area contributed by atoms with Crippen LogP contribution in [-0.4, -0.2) is 50.1 Å². The molecule has 1 amide bonds. The van der Waals surface area contributed by atoms with Crippen LogP contribution in [0.15, 0.2) is 24.3 Å². The van der Waals surface area contributed by atoms with Crippen molar-refractivity contribution in [1.82, 2.24) is 4.90 Å². The topological polar surface area (TPSA) is 34.0 Å². The van der Waals surface area contributed by atoms with Gasteiger partial charge in [-0.15, -0.1) is 0 Å². The number of quaternary nitrogens is 1. The van der Waals surface area contributed by atoms with Crippen LogP contribution < -0.4 is 9.64 Å². The molecule has 0 bridgehead atoms. The Balaban J connectivity index is 1.57. The second-order valence-electron chi connectivity index (χ2n) is 6.52. The van der Waals surface area contributed by atoms with Crippen LogP contribution in [0, 0.1) is 0 Å². The summed E-state index contributed by atoms with van der Waals surface area (Å²) < 4.78 is 5.21. The van der Waals surface area contributed by atoms with Gasteiger partial charge in [0.2, 0.25) is 0 Å². The first-order valence-corrected chi connectivity index (χ1v) is 8.56. The first kappa shape index (κ1) is 15.3. The van der Waals surface area contributed by atoms with Crippen LogP contribution in [0.3, 0.4) is 0 Å². The Labute approximate surface area is 133 Å². The van der Waals surface area contributed by atoms with Gasteiger partial charge in [0, 0.05) is 5.56 Å². The molecule has 4 nitrogen and oxygen atoms in total. The molecule has 0 radical (unpaired) electrons. The Hall–Kier alpha value is -1.55. The van der Waals surface area contributed by atoms with Crippen molar-refractivity contribution in [2.75, 3.05) is 33.3 Å². The Morgan fingerprint density at radius 2 is 1.91 bits per heavy atom. The zero-order valence-corrected chi connectivity index (χ0v) is 13.5. The number of methoxy groups -OCH3 is 1. The van der Waals surface area contributed by atoms with Gasteiger partial charge in [-0.1, -0.05) is 12.5 Å². The molecular formula is C18H27N2O2+. The number of nitrogens with zero attached hydrogens (tertiary/aromatic N) is 1.